The highest BCUT2D eigenvalue weighted by Crippen LogP contribution is 2.29. The van der Waals surface area contributed by atoms with Crippen LogP contribution in [0.5, 0.6) is 0 Å². The number of fused-ring (bicyclic) bond motifs is 1. The molecule has 1 aliphatic heterocycles. The minimum absolute atomic E-state index is 0.0582. The zero-order valence-corrected chi connectivity index (χ0v) is 17.0. The number of nitrogens with one attached hydrogen (secondary N) is 1. The number of amides is 1. The van der Waals surface area contributed by atoms with Crippen LogP contribution in [-0.4, -0.2) is 58.6 Å². The second kappa shape index (κ2) is 10.8. The van der Waals surface area contributed by atoms with Crippen LogP contribution in [0.15, 0.2) is 36.4 Å². The van der Waals surface area contributed by atoms with Gasteiger partial charge in [0.15, 0.2) is 0 Å². The lowest BCUT2D eigenvalue weighted by Gasteiger charge is -2.29. The third-order valence-electron chi connectivity index (χ3n) is 4.77. The predicted octanol–water partition coefficient (Wildman–Crippen LogP) is 3.25. The molecule has 1 heterocycles. The number of unbranched alkanes of at least 4 members (excludes halogenated alkanes) is 1. The minimum Gasteiger partial charge on any atom is -0.473 e. The van der Waals surface area contributed by atoms with Crippen molar-refractivity contribution in [2.24, 2.45) is 0 Å². The molecule has 7 nitrogen and oxygen atoms in total. The summed E-state index contributed by atoms with van der Waals surface area (Å²) in [5.41, 5.74) is 0.619. The molecule has 0 aliphatic carbocycles. The Balaban J connectivity index is 0.000000438. The molecular formula is C21H25ClN2O5. The lowest BCUT2D eigenvalue weighted by molar-refractivity contribution is -0.159. The number of rotatable bonds is 5. The summed E-state index contributed by atoms with van der Waals surface area (Å²) in [4.78, 5) is 33.3. The molecule has 1 fully saturated rings. The van der Waals surface area contributed by atoms with Crippen molar-refractivity contribution in [1.82, 2.24) is 10.2 Å². The molecule has 2 aromatic rings. The Morgan fingerprint density at radius 2 is 1.83 bits per heavy atom. The molecule has 0 saturated carbocycles. The standard InChI is InChI=1S/C19H23ClN2O.C2H2O4/c1-2-3-12-22(15-10-11-21-13-15)19(23)17-9-8-14-6-4-5-7-16(14)18(17)20;3-1(4)2(5)6/h4-9,15,21H,2-3,10-13H2,1H3;(H,3,4)(H,5,6)/t15-;/m1./s1. The molecule has 0 spiro atoms. The van der Waals surface area contributed by atoms with Crippen LogP contribution in [0, 0.1) is 0 Å². The van der Waals surface area contributed by atoms with E-state index in [1.807, 2.05) is 41.3 Å². The van der Waals surface area contributed by atoms with E-state index in [4.69, 9.17) is 31.4 Å². The van der Waals surface area contributed by atoms with Gasteiger partial charge in [-0.2, -0.15) is 0 Å². The Hall–Kier alpha value is -2.64. The van der Waals surface area contributed by atoms with Gasteiger partial charge in [-0.15, -0.1) is 0 Å². The number of halogens is 1. The van der Waals surface area contributed by atoms with Crippen molar-refractivity contribution in [1.29, 1.82) is 0 Å². The first-order chi connectivity index (χ1) is 13.9. The molecule has 1 aliphatic rings. The first-order valence-corrected chi connectivity index (χ1v) is 9.89. The van der Waals surface area contributed by atoms with Gasteiger partial charge in [-0.25, -0.2) is 9.59 Å². The van der Waals surface area contributed by atoms with Crippen LogP contribution in [0.1, 0.15) is 36.5 Å². The monoisotopic (exact) mass is 420 g/mol. The fraction of sp³-hybridized carbons (Fsp3) is 0.381. The van der Waals surface area contributed by atoms with Crippen LogP contribution >= 0.6 is 11.6 Å². The molecule has 0 aromatic heterocycles. The van der Waals surface area contributed by atoms with Crippen molar-refractivity contribution in [2.75, 3.05) is 19.6 Å². The quantitative estimate of drug-likeness (QED) is 0.641. The average molecular weight is 421 g/mol. The number of aliphatic carboxylic acids is 2. The van der Waals surface area contributed by atoms with Crippen molar-refractivity contribution >= 4 is 40.2 Å². The lowest BCUT2D eigenvalue weighted by atomic mass is 10.0. The van der Waals surface area contributed by atoms with Crippen LogP contribution in [0.4, 0.5) is 0 Å². The Morgan fingerprint density at radius 1 is 1.14 bits per heavy atom. The molecule has 0 unspecified atom stereocenters. The number of hydrogen-bond acceptors (Lipinski definition) is 4. The molecule has 0 radical (unpaired) electrons. The van der Waals surface area contributed by atoms with Gasteiger partial charge in [0.25, 0.3) is 5.91 Å². The van der Waals surface area contributed by atoms with Gasteiger partial charge in [0.2, 0.25) is 0 Å². The SMILES string of the molecule is CCCCN(C(=O)c1ccc2ccccc2c1Cl)[C@@H]1CCNC1.O=C(O)C(=O)O. The van der Waals surface area contributed by atoms with Gasteiger partial charge >= 0.3 is 11.9 Å². The highest BCUT2D eigenvalue weighted by Gasteiger charge is 2.28. The van der Waals surface area contributed by atoms with Crippen LogP contribution in [0.3, 0.4) is 0 Å². The van der Waals surface area contributed by atoms with Crippen molar-refractivity contribution in [3.8, 4) is 0 Å². The first kappa shape index (κ1) is 22.6. The molecule has 8 heteroatoms. The lowest BCUT2D eigenvalue weighted by Crippen LogP contribution is -2.42. The van der Waals surface area contributed by atoms with E-state index in [-0.39, 0.29) is 11.9 Å². The smallest absolute Gasteiger partial charge is 0.414 e. The van der Waals surface area contributed by atoms with Gasteiger partial charge in [0.1, 0.15) is 0 Å². The number of benzene rings is 2. The van der Waals surface area contributed by atoms with Gasteiger partial charge in [-0.05, 0) is 30.8 Å². The third-order valence-corrected chi connectivity index (χ3v) is 5.17. The van der Waals surface area contributed by atoms with Gasteiger partial charge in [-0.3, -0.25) is 4.79 Å². The van der Waals surface area contributed by atoms with E-state index >= 15 is 0 Å². The molecule has 1 atom stereocenters. The van der Waals surface area contributed by atoms with E-state index in [0.29, 0.717) is 10.6 Å². The molecular weight excluding hydrogens is 396 g/mol. The molecule has 1 saturated heterocycles. The van der Waals surface area contributed by atoms with Gasteiger partial charge in [0, 0.05) is 24.5 Å². The number of carbonyl (C=O) groups excluding carboxylic acids is 1. The summed E-state index contributed by atoms with van der Waals surface area (Å²) in [5.74, 6) is -3.59. The summed E-state index contributed by atoms with van der Waals surface area (Å²) in [5, 5.41) is 20.7. The van der Waals surface area contributed by atoms with E-state index < -0.39 is 11.9 Å². The Kier molecular flexibility index (Phi) is 8.42. The molecule has 1 amide bonds. The summed E-state index contributed by atoms with van der Waals surface area (Å²) >= 11 is 6.56. The van der Waals surface area contributed by atoms with E-state index in [1.165, 1.54) is 0 Å². The Bertz CT molecular complexity index is 869. The fourth-order valence-electron chi connectivity index (χ4n) is 3.24. The van der Waals surface area contributed by atoms with E-state index in [1.54, 1.807) is 0 Å². The zero-order valence-electron chi connectivity index (χ0n) is 16.2. The van der Waals surface area contributed by atoms with Crippen molar-refractivity contribution < 1.29 is 24.6 Å². The molecule has 3 N–H and O–H groups in total. The van der Waals surface area contributed by atoms with Gasteiger partial charge in [-0.1, -0.05) is 55.3 Å². The second-order valence-corrected chi connectivity index (χ2v) is 7.14. The summed E-state index contributed by atoms with van der Waals surface area (Å²) in [6.07, 6.45) is 3.11. The van der Waals surface area contributed by atoms with E-state index in [2.05, 4.69) is 12.2 Å². The topological polar surface area (TPSA) is 107 Å². The van der Waals surface area contributed by atoms with Crippen LogP contribution < -0.4 is 5.32 Å². The van der Waals surface area contributed by atoms with Crippen LogP contribution in [-0.2, 0) is 9.59 Å². The Labute approximate surface area is 174 Å². The predicted molar refractivity (Wildman–Crippen MR) is 111 cm³/mol. The summed E-state index contributed by atoms with van der Waals surface area (Å²) in [6.45, 7) is 4.80. The van der Waals surface area contributed by atoms with Gasteiger partial charge in [0.05, 0.1) is 10.6 Å². The van der Waals surface area contributed by atoms with Crippen molar-refractivity contribution in [2.45, 2.75) is 32.2 Å². The fourth-order valence-corrected chi connectivity index (χ4v) is 3.55. The molecule has 156 valence electrons. The van der Waals surface area contributed by atoms with Crippen molar-refractivity contribution in [3.05, 3.63) is 47.0 Å². The second-order valence-electron chi connectivity index (χ2n) is 6.76. The molecule has 0 bridgehead atoms. The third kappa shape index (κ3) is 5.92. The molecule has 29 heavy (non-hydrogen) atoms. The summed E-state index contributed by atoms with van der Waals surface area (Å²) in [6, 6.07) is 12.1. The zero-order chi connectivity index (χ0) is 21.4. The normalized spacial score (nSPS) is 15.4. The van der Waals surface area contributed by atoms with E-state index in [0.717, 1.165) is 49.7 Å². The van der Waals surface area contributed by atoms with Crippen molar-refractivity contribution in [3.63, 3.8) is 0 Å². The highest BCUT2D eigenvalue weighted by molar-refractivity contribution is 6.38. The first-order valence-electron chi connectivity index (χ1n) is 9.52. The highest BCUT2D eigenvalue weighted by atomic mass is 35.5. The Morgan fingerprint density at radius 3 is 2.41 bits per heavy atom. The number of carboxylic acids is 2. The maximum atomic E-state index is 13.1. The van der Waals surface area contributed by atoms with Crippen LogP contribution in [0.25, 0.3) is 10.8 Å². The largest absolute Gasteiger partial charge is 0.473 e. The number of carboxylic acid groups (broad SMARTS) is 2. The average Bonchev–Trinajstić information content (AvgIpc) is 3.23. The maximum absolute atomic E-state index is 13.1. The summed E-state index contributed by atoms with van der Waals surface area (Å²) in [7, 11) is 0. The number of hydrogen-bond donors (Lipinski definition) is 3. The maximum Gasteiger partial charge on any atom is 0.414 e. The number of nitrogens with zero attached hydrogens (tertiary/aromatic N) is 1. The van der Waals surface area contributed by atoms with Gasteiger partial charge < -0.3 is 20.4 Å². The molecule has 2 aromatic carbocycles. The summed E-state index contributed by atoms with van der Waals surface area (Å²) < 4.78 is 0. The number of carbonyl (C=O) groups is 3. The molecule has 3 rings (SSSR count). The van der Waals surface area contributed by atoms with Crippen LogP contribution in [0.2, 0.25) is 5.02 Å². The minimum atomic E-state index is -1.82. The van der Waals surface area contributed by atoms with E-state index in [9.17, 15) is 4.79 Å².